The molecule has 4 nitrogen and oxygen atoms in total. The Hall–Kier alpha value is -1.55. The van der Waals surface area contributed by atoms with E-state index in [0.717, 1.165) is 5.69 Å². The van der Waals surface area contributed by atoms with Crippen LogP contribution in [0, 0.1) is 0 Å². The lowest BCUT2D eigenvalue weighted by Gasteiger charge is -2.28. The number of carbonyl (C=O) groups is 1. The van der Waals surface area contributed by atoms with Crippen LogP contribution in [0.4, 0.5) is 5.69 Å². The molecule has 1 rings (SSSR count). The van der Waals surface area contributed by atoms with E-state index in [2.05, 4.69) is 0 Å². The third kappa shape index (κ3) is 4.04. The lowest BCUT2D eigenvalue weighted by atomic mass is 10.2. The molecule has 1 aromatic rings. The van der Waals surface area contributed by atoms with Gasteiger partial charge in [0.2, 0.25) is 5.91 Å². The van der Waals surface area contributed by atoms with Gasteiger partial charge in [0.05, 0.1) is 13.2 Å². The number of likely N-dealkylation sites (N-methyl/N-ethyl adjacent to an activating group) is 1. The predicted molar refractivity (Wildman–Crippen MR) is 73.6 cm³/mol. The molecule has 0 saturated carbocycles. The van der Waals surface area contributed by atoms with Crippen LogP contribution in [0.5, 0.6) is 0 Å². The van der Waals surface area contributed by atoms with Gasteiger partial charge in [-0.3, -0.25) is 4.79 Å². The molecule has 0 bridgehead atoms. The first kappa shape index (κ1) is 14.5. The number of para-hydroxylation sites is 1. The fraction of sp³-hybridized carbons (Fsp3) is 0.500. The Labute approximate surface area is 109 Å². The molecule has 1 amide bonds. The number of rotatable bonds is 6. The summed E-state index contributed by atoms with van der Waals surface area (Å²) < 4.78 is 0. The second kappa shape index (κ2) is 7.01. The Morgan fingerprint density at radius 3 is 2.39 bits per heavy atom. The van der Waals surface area contributed by atoms with Gasteiger partial charge in [0.1, 0.15) is 0 Å². The SMILES string of the molecule is CC(C)N(C)C(=O)CN(CCO)c1ccccc1. The van der Waals surface area contributed by atoms with Crippen LogP contribution >= 0.6 is 0 Å². The lowest BCUT2D eigenvalue weighted by Crippen LogP contribution is -2.42. The maximum absolute atomic E-state index is 12.0. The highest BCUT2D eigenvalue weighted by Crippen LogP contribution is 2.13. The number of nitrogens with zero attached hydrogens (tertiary/aromatic N) is 2. The number of aliphatic hydroxyl groups is 1. The van der Waals surface area contributed by atoms with Crippen LogP contribution in [0.15, 0.2) is 30.3 Å². The van der Waals surface area contributed by atoms with E-state index in [1.807, 2.05) is 49.1 Å². The summed E-state index contributed by atoms with van der Waals surface area (Å²) in [6.07, 6.45) is 0. The number of amides is 1. The van der Waals surface area contributed by atoms with Crippen molar-refractivity contribution in [1.82, 2.24) is 4.90 Å². The van der Waals surface area contributed by atoms with Gasteiger partial charge in [-0.2, -0.15) is 0 Å². The average Bonchev–Trinajstić information content (AvgIpc) is 2.38. The Bertz CT molecular complexity index is 365. The summed E-state index contributed by atoms with van der Waals surface area (Å²) in [6.45, 7) is 4.75. The molecule has 0 fully saturated rings. The van der Waals surface area contributed by atoms with Crippen molar-refractivity contribution in [2.24, 2.45) is 0 Å². The Morgan fingerprint density at radius 1 is 1.28 bits per heavy atom. The molecule has 0 saturated heterocycles. The molecule has 4 heteroatoms. The molecule has 0 spiro atoms. The van der Waals surface area contributed by atoms with Gasteiger partial charge in [0, 0.05) is 25.3 Å². The summed E-state index contributed by atoms with van der Waals surface area (Å²) in [7, 11) is 1.80. The average molecular weight is 250 g/mol. The molecule has 0 aromatic heterocycles. The highest BCUT2D eigenvalue weighted by Gasteiger charge is 2.16. The lowest BCUT2D eigenvalue weighted by molar-refractivity contribution is -0.129. The van der Waals surface area contributed by atoms with Gasteiger partial charge in [0.15, 0.2) is 0 Å². The van der Waals surface area contributed by atoms with Gasteiger partial charge in [-0.15, -0.1) is 0 Å². The fourth-order valence-electron chi connectivity index (χ4n) is 1.62. The summed E-state index contributed by atoms with van der Waals surface area (Å²) in [5, 5.41) is 9.09. The molecule has 1 N–H and O–H groups in total. The van der Waals surface area contributed by atoms with Crippen LogP contribution in [-0.2, 0) is 4.79 Å². The first-order valence-electron chi connectivity index (χ1n) is 6.22. The number of carbonyl (C=O) groups excluding carboxylic acids is 1. The molecule has 1 aromatic carbocycles. The standard InChI is InChI=1S/C14H22N2O2/c1-12(2)15(3)14(18)11-16(9-10-17)13-7-5-4-6-8-13/h4-8,12,17H,9-11H2,1-3H3. The summed E-state index contributed by atoms with van der Waals surface area (Å²) in [5.41, 5.74) is 0.956. The summed E-state index contributed by atoms with van der Waals surface area (Å²) in [4.78, 5) is 15.7. The van der Waals surface area contributed by atoms with E-state index in [1.54, 1.807) is 11.9 Å². The second-order valence-electron chi connectivity index (χ2n) is 4.58. The van der Waals surface area contributed by atoms with Crippen molar-refractivity contribution in [3.63, 3.8) is 0 Å². The van der Waals surface area contributed by atoms with E-state index in [4.69, 9.17) is 5.11 Å². The van der Waals surface area contributed by atoms with Crippen molar-refractivity contribution in [2.45, 2.75) is 19.9 Å². The van der Waals surface area contributed by atoms with E-state index in [0.29, 0.717) is 13.1 Å². The van der Waals surface area contributed by atoms with Crippen molar-refractivity contribution in [3.05, 3.63) is 30.3 Å². The molecule has 0 aliphatic heterocycles. The van der Waals surface area contributed by atoms with Gasteiger partial charge in [-0.25, -0.2) is 0 Å². The molecule has 0 atom stereocenters. The zero-order valence-corrected chi connectivity index (χ0v) is 11.3. The quantitative estimate of drug-likeness (QED) is 0.829. The van der Waals surface area contributed by atoms with Gasteiger partial charge in [-0.1, -0.05) is 18.2 Å². The Kier molecular flexibility index (Phi) is 5.65. The highest BCUT2D eigenvalue weighted by atomic mass is 16.3. The third-order valence-electron chi connectivity index (χ3n) is 2.99. The van der Waals surface area contributed by atoms with Crippen LogP contribution < -0.4 is 4.90 Å². The van der Waals surface area contributed by atoms with E-state index in [9.17, 15) is 4.79 Å². The number of hydrogen-bond acceptors (Lipinski definition) is 3. The maximum atomic E-state index is 12.0. The zero-order valence-electron chi connectivity index (χ0n) is 11.3. The molecule has 18 heavy (non-hydrogen) atoms. The summed E-state index contributed by atoms with van der Waals surface area (Å²) >= 11 is 0. The third-order valence-corrected chi connectivity index (χ3v) is 2.99. The van der Waals surface area contributed by atoms with Crippen LogP contribution in [0.3, 0.4) is 0 Å². The topological polar surface area (TPSA) is 43.8 Å². The minimum absolute atomic E-state index is 0.0353. The van der Waals surface area contributed by atoms with Gasteiger partial charge in [0.25, 0.3) is 0 Å². The first-order valence-corrected chi connectivity index (χ1v) is 6.22. The second-order valence-corrected chi connectivity index (χ2v) is 4.58. The van der Waals surface area contributed by atoms with Crippen LogP contribution in [0.25, 0.3) is 0 Å². The van der Waals surface area contributed by atoms with Crippen molar-refractivity contribution in [1.29, 1.82) is 0 Å². The van der Waals surface area contributed by atoms with Crippen molar-refractivity contribution >= 4 is 11.6 Å². The minimum Gasteiger partial charge on any atom is -0.395 e. The molecule has 0 heterocycles. The van der Waals surface area contributed by atoms with E-state index in [1.165, 1.54) is 0 Å². The molecular formula is C14H22N2O2. The fourth-order valence-corrected chi connectivity index (χ4v) is 1.62. The van der Waals surface area contributed by atoms with Crippen molar-refractivity contribution in [2.75, 3.05) is 31.6 Å². The number of hydrogen-bond donors (Lipinski definition) is 1. The first-order chi connectivity index (χ1) is 8.56. The Balaban J connectivity index is 2.72. The largest absolute Gasteiger partial charge is 0.395 e. The van der Waals surface area contributed by atoms with Gasteiger partial charge >= 0.3 is 0 Å². The molecule has 100 valence electrons. The molecule has 0 aliphatic carbocycles. The van der Waals surface area contributed by atoms with Crippen LogP contribution in [-0.4, -0.2) is 48.7 Å². The molecule has 0 unspecified atom stereocenters. The predicted octanol–water partition coefficient (Wildman–Crippen LogP) is 1.35. The van der Waals surface area contributed by atoms with E-state index in [-0.39, 0.29) is 18.6 Å². The highest BCUT2D eigenvalue weighted by molar-refractivity contribution is 5.81. The molecule has 0 aliphatic rings. The number of anilines is 1. The van der Waals surface area contributed by atoms with Crippen LogP contribution in [0.1, 0.15) is 13.8 Å². The molecular weight excluding hydrogens is 228 g/mol. The summed E-state index contributed by atoms with van der Waals surface area (Å²) in [5.74, 6) is 0.0577. The van der Waals surface area contributed by atoms with E-state index < -0.39 is 0 Å². The van der Waals surface area contributed by atoms with Crippen molar-refractivity contribution in [3.8, 4) is 0 Å². The summed E-state index contributed by atoms with van der Waals surface area (Å²) in [6, 6.07) is 9.86. The van der Waals surface area contributed by atoms with Crippen LogP contribution in [0.2, 0.25) is 0 Å². The van der Waals surface area contributed by atoms with Gasteiger partial charge in [-0.05, 0) is 26.0 Å². The number of aliphatic hydroxyl groups excluding tert-OH is 1. The van der Waals surface area contributed by atoms with Gasteiger partial charge < -0.3 is 14.9 Å². The maximum Gasteiger partial charge on any atom is 0.242 e. The minimum atomic E-state index is 0.0353. The van der Waals surface area contributed by atoms with E-state index >= 15 is 0 Å². The normalized spacial score (nSPS) is 10.5. The smallest absolute Gasteiger partial charge is 0.242 e. The Morgan fingerprint density at radius 2 is 1.89 bits per heavy atom. The zero-order chi connectivity index (χ0) is 13.5. The van der Waals surface area contributed by atoms with Crippen molar-refractivity contribution < 1.29 is 9.90 Å². The molecule has 0 radical (unpaired) electrons. The monoisotopic (exact) mass is 250 g/mol. The number of benzene rings is 1.